The molecule has 9 unspecified atom stereocenters. The first kappa shape index (κ1) is 78.1. The quantitative estimate of drug-likeness (QED) is 0.0272. The molecule has 1 amide bonds. The first-order valence-electron chi connectivity index (χ1n) is 35.9. The molecule has 0 aromatic heterocycles. The lowest BCUT2D eigenvalue weighted by Gasteiger charge is -2.40. The molecule has 81 heavy (non-hydrogen) atoms. The summed E-state index contributed by atoms with van der Waals surface area (Å²) < 4.78 is 11.2. The van der Waals surface area contributed by atoms with Gasteiger partial charge in [-0.15, -0.1) is 0 Å². The SMILES string of the molecule is CCCCCCCCCCCCCCCCCCCCCCCCCCCCCCCCCCCCC(O)C(=O)NC(COC1OC(CO)C(O)C(O)C1O)C(O)C(O)CCCCCCCCCCCCCCCCCCCCCC. The molecule has 11 heteroatoms. The normalized spacial score (nSPS) is 19.0. The Balaban J connectivity index is 2.14. The third-order valence-electron chi connectivity index (χ3n) is 17.9. The predicted molar refractivity (Wildman–Crippen MR) is 340 cm³/mol. The third kappa shape index (κ3) is 46.9. The number of unbranched alkanes of at least 4 members (excludes halogenated alkanes) is 52. The van der Waals surface area contributed by atoms with Gasteiger partial charge in [0.2, 0.25) is 5.91 Å². The number of carbonyl (C=O) groups excluding carboxylic acids is 1. The smallest absolute Gasteiger partial charge is 0.249 e. The van der Waals surface area contributed by atoms with E-state index in [1.54, 1.807) is 0 Å². The number of hydrogen-bond donors (Lipinski definition) is 8. The highest BCUT2D eigenvalue weighted by Gasteiger charge is 2.44. The van der Waals surface area contributed by atoms with Gasteiger partial charge >= 0.3 is 0 Å². The summed E-state index contributed by atoms with van der Waals surface area (Å²) in [6.45, 7) is 3.53. The van der Waals surface area contributed by atoms with Crippen LogP contribution < -0.4 is 5.32 Å². The summed E-state index contributed by atoms with van der Waals surface area (Å²) in [6.07, 6.45) is 60.5. The molecule has 0 aromatic rings. The number of carbonyl (C=O) groups is 1. The van der Waals surface area contributed by atoms with Gasteiger partial charge in [0.1, 0.15) is 36.6 Å². The number of aliphatic hydroxyl groups is 7. The Morgan fingerprint density at radius 1 is 0.383 bits per heavy atom. The fourth-order valence-corrected chi connectivity index (χ4v) is 12.2. The van der Waals surface area contributed by atoms with Crippen LogP contribution >= 0.6 is 0 Å². The van der Waals surface area contributed by atoms with Crippen molar-refractivity contribution >= 4 is 5.91 Å². The van der Waals surface area contributed by atoms with Crippen LogP contribution in [0.25, 0.3) is 0 Å². The highest BCUT2D eigenvalue weighted by molar-refractivity contribution is 5.80. The molecule has 9 atom stereocenters. The summed E-state index contributed by atoms with van der Waals surface area (Å²) >= 11 is 0. The maximum atomic E-state index is 13.3. The largest absolute Gasteiger partial charge is 0.394 e. The van der Waals surface area contributed by atoms with E-state index < -0.39 is 74.2 Å². The minimum Gasteiger partial charge on any atom is -0.394 e. The number of ether oxygens (including phenoxy) is 2. The van der Waals surface area contributed by atoms with Crippen LogP contribution in [-0.4, -0.2) is 110 Å². The molecule has 8 N–H and O–H groups in total. The predicted octanol–water partition coefficient (Wildman–Crippen LogP) is 17.3. The summed E-state index contributed by atoms with van der Waals surface area (Å²) in [4.78, 5) is 13.3. The lowest BCUT2D eigenvalue weighted by Crippen LogP contribution is -2.60. The van der Waals surface area contributed by atoms with E-state index in [0.29, 0.717) is 19.3 Å². The van der Waals surface area contributed by atoms with Gasteiger partial charge in [0.25, 0.3) is 0 Å². The third-order valence-corrected chi connectivity index (χ3v) is 17.9. The molecule has 0 aliphatic carbocycles. The Morgan fingerprint density at radius 2 is 0.642 bits per heavy atom. The highest BCUT2D eigenvalue weighted by atomic mass is 16.7. The van der Waals surface area contributed by atoms with Gasteiger partial charge < -0.3 is 50.5 Å². The topological polar surface area (TPSA) is 189 Å². The van der Waals surface area contributed by atoms with Crippen LogP contribution in [0.2, 0.25) is 0 Å². The summed E-state index contributed by atoms with van der Waals surface area (Å²) in [5.74, 6) is -0.687. The fourth-order valence-electron chi connectivity index (χ4n) is 12.2. The number of amides is 1. The lowest BCUT2D eigenvalue weighted by atomic mass is 9.98. The van der Waals surface area contributed by atoms with E-state index in [0.717, 1.165) is 38.5 Å². The van der Waals surface area contributed by atoms with Gasteiger partial charge in [-0.3, -0.25) is 4.79 Å². The van der Waals surface area contributed by atoms with Gasteiger partial charge in [-0.2, -0.15) is 0 Å². The first-order chi connectivity index (χ1) is 39.7. The highest BCUT2D eigenvalue weighted by Crippen LogP contribution is 2.24. The van der Waals surface area contributed by atoms with Crippen LogP contribution in [-0.2, 0) is 14.3 Å². The second kappa shape index (κ2) is 59.4. The van der Waals surface area contributed by atoms with E-state index in [1.165, 1.54) is 295 Å². The molecule has 1 heterocycles. The Kier molecular flexibility index (Phi) is 57.3. The Hall–Kier alpha value is -0.890. The molecule has 1 aliphatic heterocycles. The maximum absolute atomic E-state index is 13.3. The van der Waals surface area contributed by atoms with Crippen molar-refractivity contribution in [1.29, 1.82) is 0 Å². The van der Waals surface area contributed by atoms with Crippen molar-refractivity contribution in [2.75, 3.05) is 13.2 Å². The van der Waals surface area contributed by atoms with Crippen molar-refractivity contribution in [3.8, 4) is 0 Å². The molecule has 0 spiro atoms. The molecule has 0 bridgehead atoms. The van der Waals surface area contributed by atoms with Gasteiger partial charge in [0.05, 0.1) is 25.4 Å². The Labute approximate surface area is 500 Å². The van der Waals surface area contributed by atoms with Crippen LogP contribution in [0.1, 0.15) is 373 Å². The summed E-state index contributed by atoms with van der Waals surface area (Å²) in [5, 5.41) is 76.5. The Bertz CT molecular complexity index is 1280. The molecular weight excluding hydrogens is 1010 g/mol. The summed E-state index contributed by atoms with van der Waals surface area (Å²) in [5.41, 5.74) is 0. The zero-order valence-electron chi connectivity index (χ0n) is 53.6. The number of rotatable bonds is 64. The molecular formula is C70H139NO10. The second-order valence-electron chi connectivity index (χ2n) is 25.7. The fraction of sp³-hybridized carbons (Fsp3) is 0.986. The number of aliphatic hydroxyl groups excluding tert-OH is 7. The molecule has 11 nitrogen and oxygen atoms in total. The molecule has 1 saturated heterocycles. The van der Waals surface area contributed by atoms with E-state index >= 15 is 0 Å². The van der Waals surface area contributed by atoms with Crippen LogP contribution in [0, 0.1) is 0 Å². The van der Waals surface area contributed by atoms with E-state index in [1.807, 2.05) is 0 Å². The van der Waals surface area contributed by atoms with Crippen LogP contribution in [0.15, 0.2) is 0 Å². The van der Waals surface area contributed by atoms with Gasteiger partial charge in [-0.05, 0) is 12.8 Å². The molecule has 484 valence electrons. The minimum atomic E-state index is -1.66. The van der Waals surface area contributed by atoms with E-state index in [-0.39, 0.29) is 6.42 Å². The van der Waals surface area contributed by atoms with Gasteiger partial charge in [0, 0.05) is 0 Å². The molecule has 1 rings (SSSR count). The maximum Gasteiger partial charge on any atom is 0.249 e. The average molecular weight is 1150 g/mol. The number of hydrogen-bond acceptors (Lipinski definition) is 10. The molecule has 1 fully saturated rings. The monoisotopic (exact) mass is 1150 g/mol. The zero-order chi connectivity index (χ0) is 58.9. The van der Waals surface area contributed by atoms with E-state index in [9.17, 15) is 40.5 Å². The summed E-state index contributed by atoms with van der Waals surface area (Å²) in [6, 6.07) is -1.16. The molecule has 0 radical (unpaired) electrons. The van der Waals surface area contributed by atoms with Crippen LogP contribution in [0.5, 0.6) is 0 Å². The van der Waals surface area contributed by atoms with Crippen LogP contribution in [0.3, 0.4) is 0 Å². The second-order valence-corrected chi connectivity index (χ2v) is 25.7. The van der Waals surface area contributed by atoms with E-state index in [2.05, 4.69) is 19.2 Å². The molecule has 0 saturated carbocycles. The Morgan fingerprint density at radius 3 is 0.914 bits per heavy atom. The number of nitrogens with one attached hydrogen (secondary N) is 1. The van der Waals surface area contributed by atoms with Gasteiger partial charge in [-0.25, -0.2) is 0 Å². The van der Waals surface area contributed by atoms with Gasteiger partial charge in [0.15, 0.2) is 6.29 Å². The molecule has 1 aliphatic rings. The van der Waals surface area contributed by atoms with Crippen molar-refractivity contribution in [2.45, 2.75) is 428 Å². The molecule has 0 aromatic carbocycles. The van der Waals surface area contributed by atoms with Crippen molar-refractivity contribution < 1.29 is 50.0 Å². The average Bonchev–Trinajstić information content (AvgIpc) is 3.49. The van der Waals surface area contributed by atoms with Crippen molar-refractivity contribution in [2.24, 2.45) is 0 Å². The minimum absolute atomic E-state index is 0.268. The van der Waals surface area contributed by atoms with Crippen molar-refractivity contribution in [3.63, 3.8) is 0 Å². The van der Waals surface area contributed by atoms with E-state index in [4.69, 9.17) is 9.47 Å². The lowest BCUT2D eigenvalue weighted by molar-refractivity contribution is -0.303. The van der Waals surface area contributed by atoms with Gasteiger partial charge in [-0.1, -0.05) is 361 Å². The summed E-state index contributed by atoms with van der Waals surface area (Å²) in [7, 11) is 0. The van der Waals surface area contributed by atoms with Crippen molar-refractivity contribution in [3.05, 3.63) is 0 Å². The van der Waals surface area contributed by atoms with Crippen LogP contribution in [0.4, 0.5) is 0 Å². The first-order valence-corrected chi connectivity index (χ1v) is 35.9. The standard InChI is InChI=1S/C70H139NO10/c1-3-5-7-9-11-13-15-17-19-21-23-25-26-27-28-29-30-31-32-33-34-35-36-37-38-40-42-44-46-48-50-52-54-56-58-63(74)69(79)71-61(60-80-70-68(78)67(77)66(76)64(59-72)81-70)65(75)62(73)57-55-53-51-49-47-45-43-41-39-24-22-20-18-16-14-12-10-8-6-4-2/h61-68,70,72-78H,3-60H2,1-2H3,(H,71,79). The van der Waals surface area contributed by atoms with Crippen molar-refractivity contribution in [1.82, 2.24) is 5.32 Å². The zero-order valence-corrected chi connectivity index (χ0v) is 53.6.